The number of anilines is 1. The van der Waals surface area contributed by atoms with Crippen molar-refractivity contribution in [2.24, 2.45) is 0 Å². The fourth-order valence-corrected chi connectivity index (χ4v) is 1.77. The lowest BCUT2D eigenvalue weighted by Crippen LogP contribution is -2.14. The number of hydrogen-bond acceptors (Lipinski definition) is 2. The van der Waals surface area contributed by atoms with Crippen molar-refractivity contribution < 1.29 is 22.4 Å². The molecule has 8 heteroatoms. The summed E-state index contributed by atoms with van der Waals surface area (Å²) in [6.07, 6.45) is -3.57. The van der Waals surface area contributed by atoms with Crippen LogP contribution < -0.4 is 5.32 Å². The van der Waals surface area contributed by atoms with E-state index in [-0.39, 0.29) is 11.3 Å². The lowest BCUT2D eigenvalue weighted by molar-refractivity contribution is -0.139. The third kappa shape index (κ3) is 3.78. The molecule has 1 amide bonds. The number of halogens is 5. The van der Waals surface area contributed by atoms with Crippen LogP contribution in [0.15, 0.2) is 41.1 Å². The molecule has 0 radical (unpaired) electrons. The van der Waals surface area contributed by atoms with Gasteiger partial charge < -0.3 is 5.32 Å². The zero-order valence-electron chi connectivity index (χ0n) is 10.2. The molecule has 0 aliphatic rings. The van der Waals surface area contributed by atoms with Crippen molar-refractivity contribution in [1.29, 1.82) is 0 Å². The molecule has 0 spiro atoms. The van der Waals surface area contributed by atoms with Gasteiger partial charge in [0.25, 0.3) is 5.91 Å². The summed E-state index contributed by atoms with van der Waals surface area (Å²) in [6, 6.07) is 5.20. The van der Waals surface area contributed by atoms with Crippen LogP contribution in [0, 0.1) is 5.82 Å². The fraction of sp³-hybridized carbons (Fsp3) is 0.0769. The molecule has 0 aliphatic heterocycles. The van der Waals surface area contributed by atoms with Crippen LogP contribution in [0.1, 0.15) is 15.9 Å². The zero-order chi connectivity index (χ0) is 15.6. The van der Waals surface area contributed by atoms with E-state index in [0.717, 1.165) is 6.07 Å². The van der Waals surface area contributed by atoms with Crippen LogP contribution in [0.3, 0.4) is 0 Å². The predicted molar refractivity (Wildman–Crippen MR) is 71.3 cm³/mol. The van der Waals surface area contributed by atoms with Crippen LogP contribution in [-0.4, -0.2) is 10.9 Å². The zero-order valence-corrected chi connectivity index (χ0v) is 11.8. The molecule has 1 aromatic carbocycles. The third-order valence-electron chi connectivity index (χ3n) is 2.52. The number of aromatic nitrogens is 1. The Morgan fingerprint density at radius 2 is 1.90 bits per heavy atom. The molecule has 0 fully saturated rings. The summed E-state index contributed by atoms with van der Waals surface area (Å²) in [5.74, 6) is -2.04. The topological polar surface area (TPSA) is 42.0 Å². The first-order valence-corrected chi connectivity index (χ1v) is 6.36. The van der Waals surface area contributed by atoms with Gasteiger partial charge in [-0.2, -0.15) is 13.2 Å². The van der Waals surface area contributed by atoms with Gasteiger partial charge in [-0.05, 0) is 46.3 Å². The minimum absolute atomic E-state index is 0.156. The Kier molecular flexibility index (Phi) is 4.26. The smallest absolute Gasteiger partial charge is 0.322 e. The molecule has 1 heterocycles. The first-order chi connectivity index (χ1) is 9.77. The first-order valence-electron chi connectivity index (χ1n) is 5.57. The summed E-state index contributed by atoms with van der Waals surface area (Å²) < 4.78 is 51.3. The largest absolute Gasteiger partial charge is 0.419 e. The number of carbonyl (C=O) groups is 1. The summed E-state index contributed by atoms with van der Waals surface area (Å²) in [6.45, 7) is 0. The van der Waals surface area contributed by atoms with Crippen LogP contribution in [0.4, 0.5) is 23.2 Å². The molecular formula is C13H7BrF4N2O. The van der Waals surface area contributed by atoms with Gasteiger partial charge in [-0.15, -0.1) is 0 Å². The van der Waals surface area contributed by atoms with E-state index in [1.807, 2.05) is 0 Å². The number of alkyl halides is 3. The maximum absolute atomic E-state index is 13.1. The second-order valence-corrected chi connectivity index (χ2v) is 4.83. The number of rotatable bonds is 2. The second-order valence-electron chi connectivity index (χ2n) is 4.02. The number of amides is 1. The average Bonchev–Trinajstić information content (AvgIpc) is 2.40. The van der Waals surface area contributed by atoms with Gasteiger partial charge in [0.2, 0.25) is 0 Å². The summed E-state index contributed by atoms with van der Waals surface area (Å²) in [4.78, 5) is 15.7. The summed E-state index contributed by atoms with van der Waals surface area (Å²) in [5, 5.41) is 2.26. The van der Waals surface area contributed by atoms with E-state index in [1.165, 1.54) is 18.3 Å². The molecule has 2 rings (SSSR count). The molecule has 0 saturated heterocycles. The maximum atomic E-state index is 13.1. The molecule has 2 aromatic rings. The van der Waals surface area contributed by atoms with Gasteiger partial charge in [-0.1, -0.05) is 0 Å². The second kappa shape index (κ2) is 5.80. The Morgan fingerprint density at radius 1 is 1.19 bits per heavy atom. The Bertz CT molecular complexity index is 671. The van der Waals surface area contributed by atoms with Crippen molar-refractivity contribution in [2.75, 3.05) is 5.32 Å². The number of benzene rings is 1. The highest BCUT2D eigenvalue weighted by Gasteiger charge is 2.34. The third-order valence-corrected chi connectivity index (χ3v) is 2.99. The van der Waals surface area contributed by atoms with Crippen LogP contribution in [-0.2, 0) is 6.18 Å². The first kappa shape index (κ1) is 15.4. The molecule has 0 bridgehead atoms. The number of nitrogens with zero attached hydrogens (tertiary/aromatic N) is 1. The van der Waals surface area contributed by atoms with E-state index < -0.39 is 23.5 Å². The lowest BCUT2D eigenvalue weighted by Gasteiger charge is -2.11. The van der Waals surface area contributed by atoms with Gasteiger partial charge in [-0.3, -0.25) is 4.79 Å². The molecule has 0 saturated carbocycles. The molecule has 21 heavy (non-hydrogen) atoms. The molecule has 3 nitrogen and oxygen atoms in total. The fourth-order valence-electron chi connectivity index (χ4n) is 1.53. The molecule has 1 N–H and O–H groups in total. The van der Waals surface area contributed by atoms with Crippen LogP contribution in [0.25, 0.3) is 0 Å². The van der Waals surface area contributed by atoms with Crippen molar-refractivity contribution in [2.45, 2.75) is 6.18 Å². The number of carbonyl (C=O) groups excluding carboxylic acids is 1. The number of hydrogen-bond donors (Lipinski definition) is 1. The van der Waals surface area contributed by atoms with E-state index in [1.54, 1.807) is 0 Å². The summed E-state index contributed by atoms with van der Waals surface area (Å²) in [7, 11) is 0. The minimum Gasteiger partial charge on any atom is -0.322 e. The molecule has 0 aliphatic carbocycles. The van der Waals surface area contributed by atoms with Crippen LogP contribution in [0.2, 0.25) is 0 Å². The highest BCUT2D eigenvalue weighted by molar-refractivity contribution is 9.10. The normalized spacial score (nSPS) is 11.3. The Hall–Kier alpha value is -1.96. The van der Waals surface area contributed by atoms with Crippen LogP contribution in [0.5, 0.6) is 0 Å². The van der Waals surface area contributed by atoms with E-state index in [9.17, 15) is 22.4 Å². The van der Waals surface area contributed by atoms with Crippen molar-refractivity contribution in [3.8, 4) is 0 Å². The van der Waals surface area contributed by atoms with Crippen molar-refractivity contribution >= 4 is 27.5 Å². The number of nitrogens with one attached hydrogen (secondary N) is 1. The van der Waals surface area contributed by atoms with Crippen molar-refractivity contribution in [3.05, 3.63) is 58.1 Å². The average molecular weight is 363 g/mol. The maximum Gasteiger partial charge on any atom is 0.419 e. The molecule has 110 valence electrons. The summed E-state index contributed by atoms with van der Waals surface area (Å²) >= 11 is 3.09. The standard InChI is InChI=1S/C13H7BrF4N2O/c14-11-4-1-7(6-19-11)12(21)20-8-2-3-10(15)9(5-8)13(16,17)18/h1-6H,(H,20,21). The summed E-state index contributed by atoms with van der Waals surface area (Å²) in [5.41, 5.74) is -1.43. The number of pyridine rings is 1. The van der Waals surface area contributed by atoms with Gasteiger partial charge in [0.15, 0.2) is 0 Å². The monoisotopic (exact) mass is 362 g/mol. The van der Waals surface area contributed by atoms with Gasteiger partial charge in [0.05, 0.1) is 11.1 Å². The van der Waals surface area contributed by atoms with Gasteiger partial charge in [0.1, 0.15) is 10.4 Å². The SMILES string of the molecule is O=C(Nc1ccc(F)c(C(F)(F)F)c1)c1ccc(Br)nc1. The quantitative estimate of drug-likeness (QED) is 0.640. The van der Waals surface area contributed by atoms with E-state index in [4.69, 9.17) is 0 Å². The Balaban J connectivity index is 2.24. The van der Waals surface area contributed by atoms with Crippen molar-refractivity contribution in [3.63, 3.8) is 0 Å². The predicted octanol–water partition coefficient (Wildman–Crippen LogP) is 4.25. The lowest BCUT2D eigenvalue weighted by atomic mass is 10.1. The molecular weight excluding hydrogens is 356 g/mol. The van der Waals surface area contributed by atoms with Crippen molar-refractivity contribution in [1.82, 2.24) is 4.98 Å². The Labute approximate surface area is 125 Å². The van der Waals surface area contributed by atoms with Crippen LogP contribution >= 0.6 is 15.9 Å². The molecule has 0 unspecified atom stereocenters. The molecule has 1 aromatic heterocycles. The highest BCUT2D eigenvalue weighted by atomic mass is 79.9. The minimum atomic E-state index is -4.83. The Morgan fingerprint density at radius 3 is 2.48 bits per heavy atom. The van der Waals surface area contributed by atoms with Gasteiger partial charge in [-0.25, -0.2) is 9.37 Å². The van der Waals surface area contributed by atoms with E-state index in [2.05, 4.69) is 26.2 Å². The van der Waals surface area contributed by atoms with E-state index in [0.29, 0.717) is 16.7 Å². The van der Waals surface area contributed by atoms with E-state index >= 15 is 0 Å². The molecule has 0 atom stereocenters. The van der Waals surface area contributed by atoms with Gasteiger partial charge in [0, 0.05) is 11.9 Å². The highest BCUT2D eigenvalue weighted by Crippen LogP contribution is 2.33. The van der Waals surface area contributed by atoms with Gasteiger partial charge >= 0.3 is 6.18 Å².